The summed E-state index contributed by atoms with van der Waals surface area (Å²) in [4.78, 5) is 4.09. The van der Waals surface area contributed by atoms with E-state index in [1.165, 1.54) is 6.07 Å². The van der Waals surface area contributed by atoms with Crippen molar-refractivity contribution in [3.05, 3.63) is 52.9 Å². The minimum Gasteiger partial charge on any atom is -0.481 e. The fourth-order valence-electron chi connectivity index (χ4n) is 1.55. The van der Waals surface area contributed by atoms with Crippen LogP contribution in [0.1, 0.15) is 5.56 Å². The van der Waals surface area contributed by atoms with E-state index in [-0.39, 0.29) is 5.02 Å². The number of rotatable bonds is 4. The van der Waals surface area contributed by atoms with Gasteiger partial charge in [0.1, 0.15) is 5.82 Å². The van der Waals surface area contributed by atoms with Crippen molar-refractivity contribution >= 4 is 17.3 Å². The Bertz CT molecular complexity index is 548. The summed E-state index contributed by atoms with van der Waals surface area (Å²) >= 11 is 5.70. The summed E-state index contributed by atoms with van der Waals surface area (Å²) in [6.45, 7) is 0.527. The van der Waals surface area contributed by atoms with Crippen molar-refractivity contribution in [1.82, 2.24) is 4.98 Å². The highest BCUT2D eigenvalue weighted by Crippen LogP contribution is 2.21. The molecule has 1 aromatic heterocycles. The van der Waals surface area contributed by atoms with Gasteiger partial charge in [-0.2, -0.15) is 0 Å². The average molecular weight is 267 g/mol. The highest BCUT2D eigenvalue weighted by molar-refractivity contribution is 6.31. The quantitative estimate of drug-likeness (QED) is 0.920. The van der Waals surface area contributed by atoms with E-state index in [1.807, 2.05) is 12.1 Å². The molecule has 0 amide bonds. The van der Waals surface area contributed by atoms with Crippen LogP contribution in [-0.2, 0) is 6.54 Å². The second kappa shape index (κ2) is 5.69. The van der Waals surface area contributed by atoms with Crippen LogP contribution < -0.4 is 10.1 Å². The van der Waals surface area contributed by atoms with E-state index in [9.17, 15) is 4.39 Å². The van der Waals surface area contributed by atoms with Crippen molar-refractivity contribution in [2.24, 2.45) is 0 Å². The van der Waals surface area contributed by atoms with Gasteiger partial charge >= 0.3 is 0 Å². The van der Waals surface area contributed by atoms with Gasteiger partial charge in [-0.15, -0.1) is 0 Å². The van der Waals surface area contributed by atoms with Crippen LogP contribution in [0.5, 0.6) is 5.88 Å². The van der Waals surface area contributed by atoms with Crippen LogP contribution in [0.4, 0.5) is 10.1 Å². The second-order valence-corrected chi connectivity index (χ2v) is 4.06. The van der Waals surface area contributed by atoms with Gasteiger partial charge in [-0.3, -0.25) is 0 Å². The number of hydrogen-bond acceptors (Lipinski definition) is 3. The zero-order chi connectivity index (χ0) is 13.0. The first-order chi connectivity index (χ1) is 8.70. The largest absolute Gasteiger partial charge is 0.481 e. The Morgan fingerprint density at radius 1 is 1.39 bits per heavy atom. The first-order valence-corrected chi connectivity index (χ1v) is 5.75. The summed E-state index contributed by atoms with van der Waals surface area (Å²) in [6.07, 6.45) is 1.66. The van der Waals surface area contributed by atoms with E-state index < -0.39 is 5.82 Å². The van der Waals surface area contributed by atoms with Crippen LogP contribution in [0.2, 0.25) is 5.02 Å². The third-order valence-electron chi connectivity index (χ3n) is 2.45. The molecule has 0 aliphatic rings. The zero-order valence-electron chi connectivity index (χ0n) is 9.78. The number of hydrogen-bond donors (Lipinski definition) is 1. The fraction of sp³-hybridized carbons (Fsp3) is 0.154. The van der Waals surface area contributed by atoms with Crippen molar-refractivity contribution in [3.63, 3.8) is 0 Å². The molecule has 0 unspecified atom stereocenters. The van der Waals surface area contributed by atoms with E-state index in [2.05, 4.69) is 10.3 Å². The third kappa shape index (κ3) is 2.90. The van der Waals surface area contributed by atoms with Gasteiger partial charge in [0.25, 0.3) is 0 Å². The van der Waals surface area contributed by atoms with Gasteiger partial charge in [-0.25, -0.2) is 9.37 Å². The maximum absolute atomic E-state index is 13.0. The Morgan fingerprint density at radius 2 is 2.22 bits per heavy atom. The molecule has 1 heterocycles. The highest BCUT2D eigenvalue weighted by atomic mass is 35.5. The SMILES string of the molecule is COc1ncccc1CNc1ccc(F)c(Cl)c1. The molecular weight excluding hydrogens is 255 g/mol. The molecule has 0 aliphatic carbocycles. The monoisotopic (exact) mass is 266 g/mol. The minimum atomic E-state index is -0.429. The molecule has 94 valence electrons. The molecule has 0 aliphatic heterocycles. The lowest BCUT2D eigenvalue weighted by Gasteiger charge is -2.09. The Hall–Kier alpha value is -1.81. The van der Waals surface area contributed by atoms with E-state index in [0.717, 1.165) is 11.3 Å². The van der Waals surface area contributed by atoms with Crippen molar-refractivity contribution in [2.45, 2.75) is 6.54 Å². The Kier molecular flexibility index (Phi) is 3.99. The van der Waals surface area contributed by atoms with Crippen LogP contribution in [0, 0.1) is 5.82 Å². The number of methoxy groups -OCH3 is 1. The van der Waals surface area contributed by atoms with Gasteiger partial charge in [-0.05, 0) is 24.3 Å². The Labute approximate surface area is 110 Å². The first-order valence-electron chi connectivity index (χ1n) is 5.37. The number of halogens is 2. The van der Waals surface area contributed by atoms with Crippen LogP contribution in [0.3, 0.4) is 0 Å². The van der Waals surface area contributed by atoms with Gasteiger partial charge in [0.05, 0.1) is 12.1 Å². The molecule has 0 fully saturated rings. The first kappa shape index (κ1) is 12.6. The van der Waals surface area contributed by atoms with Crippen LogP contribution in [0.15, 0.2) is 36.5 Å². The maximum atomic E-state index is 13.0. The van der Waals surface area contributed by atoms with Crippen molar-refractivity contribution < 1.29 is 9.13 Å². The summed E-state index contributed by atoms with van der Waals surface area (Å²) in [6, 6.07) is 8.23. The average Bonchev–Trinajstić information content (AvgIpc) is 2.40. The second-order valence-electron chi connectivity index (χ2n) is 3.65. The maximum Gasteiger partial charge on any atom is 0.218 e. The molecule has 3 nitrogen and oxygen atoms in total. The summed E-state index contributed by atoms with van der Waals surface area (Å²) in [5.41, 5.74) is 1.66. The normalized spacial score (nSPS) is 10.2. The van der Waals surface area contributed by atoms with Crippen LogP contribution in [0.25, 0.3) is 0 Å². The fourth-order valence-corrected chi connectivity index (χ4v) is 1.73. The zero-order valence-corrected chi connectivity index (χ0v) is 10.5. The van der Waals surface area contributed by atoms with Gasteiger partial charge in [0.2, 0.25) is 5.88 Å². The van der Waals surface area contributed by atoms with Gasteiger partial charge in [0, 0.05) is 24.0 Å². The lowest BCUT2D eigenvalue weighted by Crippen LogP contribution is -2.02. The number of benzene rings is 1. The van der Waals surface area contributed by atoms with Gasteiger partial charge in [0.15, 0.2) is 0 Å². The Balaban J connectivity index is 2.09. The van der Waals surface area contributed by atoms with E-state index in [0.29, 0.717) is 12.4 Å². The molecule has 1 aromatic carbocycles. The van der Waals surface area contributed by atoms with E-state index >= 15 is 0 Å². The lowest BCUT2D eigenvalue weighted by molar-refractivity contribution is 0.393. The number of nitrogens with one attached hydrogen (secondary N) is 1. The molecule has 0 bridgehead atoms. The molecule has 0 radical (unpaired) electrons. The van der Waals surface area contributed by atoms with E-state index in [1.54, 1.807) is 25.4 Å². The number of anilines is 1. The van der Waals surface area contributed by atoms with Crippen LogP contribution in [-0.4, -0.2) is 12.1 Å². The summed E-state index contributed by atoms with van der Waals surface area (Å²) in [7, 11) is 1.57. The number of nitrogens with zero attached hydrogens (tertiary/aromatic N) is 1. The van der Waals surface area contributed by atoms with Crippen molar-refractivity contribution in [1.29, 1.82) is 0 Å². The molecule has 1 N–H and O–H groups in total. The summed E-state index contributed by atoms with van der Waals surface area (Å²) < 4.78 is 18.1. The predicted molar refractivity (Wildman–Crippen MR) is 69.5 cm³/mol. The number of pyridine rings is 1. The summed E-state index contributed by atoms with van der Waals surface area (Å²) in [5.74, 6) is 0.138. The standard InChI is InChI=1S/C13H12ClFN2O/c1-18-13-9(3-2-6-16-13)8-17-10-4-5-12(15)11(14)7-10/h2-7,17H,8H2,1H3. The van der Waals surface area contributed by atoms with Gasteiger partial charge < -0.3 is 10.1 Å². The smallest absolute Gasteiger partial charge is 0.218 e. The number of aromatic nitrogens is 1. The molecule has 2 aromatic rings. The van der Waals surface area contributed by atoms with Gasteiger partial charge in [-0.1, -0.05) is 17.7 Å². The minimum absolute atomic E-state index is 0.0955. The molecule has 0 saturated carbocycles. The third-order valence-corrected chi connectivity index (χ3v) is 2.74. The van der Waals surface area contributed by atoms with Crippen LogP contribution >= 0.6 is 11.6 Å². The summed E-state index contributed by atoms with van der Waals surface area (Å²) in [5, 5.41) is 3.23. The molecule has 0 spiro atoms. The lowest BCUT2D eigenvalue weighted by atomic mass is 10.2. The molecular formula is C13H12ClFN2O. The van der Waals surface area contributed by atoms with Crippen molar-refractivity contribution in [3.8, 4) is 5.88 Å². The Morgan fingerprint density at radius 3 is 2.94 bits per heavy atom. The topological polar surface area (TPSA) is 34.1 Å². The number of ether oxygens (including phenoxy) is 1. The molecule has 0 saturated heterocycles. The highest BCUT2D eigenvalue weighted by Gasteiger charge is 2.04. The molecule has 5 heteroatoms. The molecule has 0 atom stereocenters. The van der Waals surface area contributed by atoms with E-state index in [4.69, 9.17) is 16.3 Å². The molecule has 2 rings (SSSR count). The predicted octanol–water partition coefficient (Wildman–Crippen LogP) is 3.49. The molecule has 18 heavy (non-hydrogen) atoms. The van der Waals surface area contributed by atoms with Crippen molar-refractivity contribution in [2.75, 3.05) is 12.4 Å².